The van der Waals surface area contributed by atoms with Gasteiger partial charge in [-0.25, -0.2) is 9.59 Å². The molecular formula is C21H26N2O6. The topological polar surface area (TPSA) is 117 Å². The molecular weight excluding hydrogens is 376 g/mol. The van der Waals surface area contributed by atoms with Gasteiger partial charge in [-0.2, -0.15) is 0 Å². The molecule has 0 aliphatic heterocycles. The van der Waals surface area contributed by atoms with Gasteiger partial charge in [0.25, 0.3) is 0 Å². The second-order valence-corrected chi connectivity index (χ2v) is 6.36. The number of aliphatic carboxylic acids is 1. The summed E-state index contributed by atoms with van der Waals surface area (Å²) >= 11 is 0. The van der Waals surface area contributed by atoms with E-state index in [-0.39, 0.29) is 0 Å². The fourth-order valence-corrected chi connectivity index (χ4v) is 2.55. The Bertz CT molecular complexity index is 792. The lowest BCUT2D eigenvalue weighted by molar-refractivity contribution is -0.142. The van der Waals surface area contributed by atoms with Crippen molar-refractivity contribution < 1.29 is 29.3 Å². The number of urea groups is 1. The molecule has 2 rings (SSSR count). The van der Waals surface area contributed by atoms with Gasteiger partial charge < -0.3 is 30.3 Å². The fraction of sp³-hybridized carbons (Fsp3) is 0.333. The van der Waals surface area contributed by atoms with E-state index in [2.05, 4.69) is 17.6 Å². The number of nitrogens with one attached hydrogen (secondary N) is 2. The van der Waals surface area contributed by atoms with Crippen molar-refractivity contribution in [3.05, 3.63) is 54.1 Å². The normalized spacial score (nSPS) is 12.5. The van der Waals surface area contributed by atoms with E-state index in [4.69, 9.17) is 9.47 Å². The van der Waals surface area contributed by atoms with E-state index in [9.17, 15) is 19.8 Å². The number of anilines is 1. The Morgan fingerprint density at radius 1 is 1.03 bits per heavy atom. The molecule has 2 atom stereocenters. The number of benzene rings is 2. The summed E-state index contributed by atoms with van der Waals surface area (Å²) in [5, 5.41) is 24.6. The van der Waals surface area contributed by atoms with Gasteiger partial charge in [0.15, 0.2) is 6.04 Å². The Kier molecular flexibility index (Phi) is 8.29. The van der Waals surface area contributed by atoms with Crippen molar-refractivity contribution in [2.24, 2.45) is 0 Å². The molecule has 0 aromatic heterocycles. The first kappa shape index (κ1) is 22.0. The summed E-state index contributed by atoms with van der Waals surface area (Å²) in [5.74, 6) is -0.105. The fourth-order valence-electron chi connectivity index (χ4n) is 2.55. The third kappa shape index (κ3) is 6.69. The number of hydrogen-bond donors (Lipinski definition) is 4. The number of methoxy groups -OCH3 is 1. The van der Waals surface area contributed by atoms with Crippen LogP contribution < -0.4 is 20.1 Å². The molecule has 2 amide bonds. The molecule has 0 fully saturated rings. The summed E-state index contributed by atoms with van der Waals surface area (Å²) in [4.78, 5) is 23.8. The average molecular weight is 402 g/mol. The molecule has 8 nitrogen and oxygen atoms in total. The van der Waals surface area contributed by atoms with Gasteiger partial charge in [-0.15, -0.1) is 0 Å². The number of carbonyl (C=O) groups is 2. The van der Waals surface area contributed by atoms with Gasteiger partial charge in [0.1, 0.15) is 17.6 Å². The maximum Gasteiger partial charge on any atom is 0.329 e. The van der Waals surface area contributed by atoms with Crippen molar-refractivity contribution >= 4 is 17.7 Å². The maximum absolute atomic E-state index is 12.2. The molecule has 0 bridgehead atoms. The van der Waals surface area contributed by atoms with Crippen molar-refractivity contribution in [1.82, 2.24) is 5.32 Å². The third-order valence-electron chi connectivity index (χ3n) is 4.20. The zero-order valence-corrected chi connectivity index (χ0v) is 16.4. The minimum Gasteiger partial charge on any atom is -0.497 e. The molecule has 0 saturated carbocycles. The number of aliphatic hydroxyl groups excluding tert-OH is 1. The van der Waals surface area contributed by atoms with Crippen LogP contribution in [0.5, 0.6) is 11.5 Å². The summed E-state index contributed by atoms with van der Waals surface area (Å²) in [6.45, 7) is 2.69. The first-order chi connectivity index (χ1) is 13.9. The van der Waals surface area contributed by atoms with Crippen LogP contribution in [-0.2, 0) is 4.79 Å². The Morgan fingerprint density at radius 2 is 1.66 bits per heavy atom. The molecule has 0 spiro atoms. The van der Waals surface area contributed by atoms with Crippen LogP contribution in [0.4, 0.5) is 10.5 Å². The Balaban J connectivity index is 1.97. The van der Waals surface area contributed by atoms with E-state index in [1.54, 1.807) is 36.4 Å². The summed E-state index contributed by atoms with van der Waals surface area (Å²) < 4.78 is 10.6. The summed E-state index contributed by atoms with van der Waals surface area (Å²) in [5.41, 5.74) is 0.806. The highest BCUT2D eigenvalue weighted by molar-refractivity contribution is 5.92. The van der Waals surface area contributed by atoms with Gasteiger partial charge in [0.05, 0.1) is 13.7 Å². The molecule has 0 heterocycles. The summed E-state index contributed by atoms with van der Waals surface area (Å²) in [6.07, 6.45) is 0.557. The van der Waals surface area contributed by atoms with Crippen LogP contribution in [0, 0.1) is 0 Å². The Hall–Kier alpha value is -3.26. The van der Waals surface area contributed by atoms with Crippen molar-refractivity contribution in [3.63, 3.8) is 0 Å². The van der Waals surface area contributed by atoms with Crippen LogP contribution in [0.3, 0.4) is 0 Å². The zero-order valence-electron chi connectivity index (χ0n) is 16.4. The standard InChI is InChI=1S/C21H26N2O6/c1-3-4-13-29-17-11-7-15(8-12-17)22-21(27)23-18(20(25)26)19(24)14-5-9-16(28-2)10-6-14/h5-12,18-19,24H,3-4,13H2,1-2H3,(H,25,26)(H2,22,23,27). The van der Waals surface area contributed by atoms with Crippen LogP contribution in [0.2, 0.25) is 0 Å². The lowest BCUT2D eigenvalue weighted by Crippen LogP contribution is -2.46. The molecule has 0 saturated heterocycles. The highest BCUT2D eigenvalue weighted by Gasteiger charge is 2.29. The molecule has 2 aromatic carbocycles. The van der Waals surface area contributed by atoms with Crippen molar-refractivity contribution in [2.45, 2.75) is 31.9 Å². The first-order valence-electron chi connectivity index (χ1n) is 9.29. The number of ether oxygens (including phenoxy) is 2. The van der Waals surface area contributed by atoms with Gasteiger partial charge in [-0.3, -0.25) is 0 Å². The number of carboxylic acids is 1. The van der Waals surface area contributed by atoms with E-state index in [0.29, 0.717) is 29.4 Å². The van der Waals surface area contributed by atoms with Gasteiger partial charge in [-0.05, 0) is 48.4 Å². The largest absolute Gasteiger partial charge is 0.497 e. The van der Waals surface area contributed by atoms with Crippen molar-refractivity contribution in [3.8, 4) is 11.5 Å². The molecule has 0 aliphatic rings. The molecule has 2 unspecified atom stereocenters. The van der Waals surface area contributed by atoms with E-state index in [1.165, 1.54) is 19.2 Å². The number of amides is 2. The maximum atomic E-state index is 12.2. The molecule has 4 N–H and O–H groups in total. The zero-order chi connectivity index (χ0) is 21.2. The van der Waals surface area contributed by atoms with Crippen LogP contribution >= 0.6 is 0 Å². The summed E-state index contributed by atoms with van der Waals surface area (Å²) in [6, 6.07) is 10.7. The van der Waals surface area contributed by atoms with Gasteiger partial charge in [0, 0.05) is 5.69 Å². The van der Waals surface area contributed by atoms with Crippen molar-refractivity contribution in [1.29, 1.82) is 0 Å². The van der Waals surface area contributed by atoms with Crippen LogP contribution in [0.1, 0.15) is 31.4 Å². The number of carboxylic acid groups (broad SMARTS) is 1. The smallest absolute Gasteiger partial charge is 0.329 e. The summed E-state index contributed by atoms with van der Waals surface area (Å²) in [7, 11) is 1.50. The second kappa shape index (κ2) is 10.9. The van der Waals surface area contributed by atoms with E-state index in [1.807, 2.05) is 0 Å². The van der Waals surface area contributed by atoms with Crippen LogP contribution in [0.25, 0.3) is 0 Å². The minimum absolute atomic E-state index is 0.340. The molecule has 8 heteroatoms. The van der Waals surface area contributed by atoms with Gasteiger partial charge >= 0.3 is 12.0 Å². The molecule has 0 aliphatic carbocycles. The van der Waals surface area contributed by atoms with E-state index < -0.39 is 24.1 Å². The molecule has 156 valence electrons. The number of hydrogen-bond acceptors (Lipinski definition) is 5. The van der Waals surface area contributed by atoms with E-state index in [0.717, 1.165) is 12.8 Å². The highest BCUT2D eigenvalue weighted by Crippen LogP contribution is 2.21. The average Bonchev–Trinajstić information content (AvgIpc) is 2.73. The quantitative estimate of drug-likeness (QED) is 0.454. The highest BCUT2D eigenvalue weighted by atomic mass is 16.5. The van der Waals surface area contributed by atoms with Gasteiger partial charge in [-0.1, -0.05) is 25.5 Å². The Labute approximate surface area is 169 Å². The second-order valence-electron chi connectivity index (χ2n) is 6.36. The first-order valence-corrected chi connectivity index (χ1v) is 9.29. The number of rotatable bonds is 10. The lowest BCUT2D eigenvalue weighted by atomic mass is 10.0. The Morgan fingerprint density at radius 3 is 2.21 bits per heavy atom. The predicted molar refractivity (Wildman–Crippen MR) is 108 cm³/mol. The molecule has 0 radical (unpaired) electrons. The van der Waals surface area contributed by atoms with E-state index >= 15 is 0 Å². The third-order valence-corrected chi connectivity index (χ3v) is 4.20. The predicted octanol–water partition coefficient (Wildman–Crippen LogP) is 3.18. The SMILES string of the molecule is CCCCOc1ccc(NC(=O)NC(C(=O)O)C(O)c2ccc(OC)cc2)cc1. The lowest BCUT2D eigenvalue weighted by Gasteiger charge is -2.21. The van der Waals surface area contributed by atoms with Crippen LogP contribution in [0.15, 0.2) is 48.5 Å². The number of unbranched alkanes of at least 4 members (excludes halogenated alkanes) is 1. The molecule has 29 heavy (non-hydrogen) atoms. The number of carbonyl (C=O) groups excluding carboxylic acids is 1. The van der Waals surface area contributed by atoms with Crippen molar-refractivity contribution in [2.75, 3.05) is 19.0 Å². The number of aliphatic hydroxyl groups is 1. The molecule has 2 aromatic rings. The minimum atomic E-state index is -1.53. The van der Waals surface area contributed by atoms with Gasteiger partial charge in [0.2, 0.25) is 0 Å². The monoisotopic (exact) mass is 402 g/mol. The van der Waals surface area contributed by atoms with Crippen LogP contribution in [-0.4, -0.2) is 42.0 Å².